The van der Waals surface area contributed by atoms with E-state index in [1.54, 1.807) is 19.9 Å². The van der Waals surface area contributed by atoms with Gasteiger partial charge in [0, 0.05) is 25.4 Å². The first-order valence-electron chi connectivity index (χ1n) is 8.10. The molecule has 0 aliphatic carbocycles. The lowest BCUT2D eigenvalue weighted by Gasteiger charge is -2.34. The molecule has 1 heterocycles. The number of methoxy groups -OCH3 is 1. The van der Waals surface area contributed by atoms with E-state index in [2.05, 4.69) is 5.32 Å². The van der Waals surface area contributed by atoms with Gasteiger partial charge >= 0.3 is 12.0 Å². The number of hydrogen-bond donors (Lipinski definition) is 1. The number of para-hydroxylation sites is 1. The Morgan fingerprint density at radius 2 is 2.04 bits per heavy atom. The molecule has 2 amide bonds. The molecule has 1 aliphatic heterocycles. The van der Waals surface area contributed by atoms with E-state index in [0.717, 1.165) is 0 Å². The van der Waals surface area contributed by atoms with Gasteiger partial charge in [0.25, 0.3) is 5.69 Å². The number of urea groups is 1. The van der Waals surface area contributed by atoms with Crippen LogP contribution in [0.1, 0.15) is 25.5 Å². The highest BCUT2D eigenvalue weighted by atomic mass is 16.6. The Morgan fingerprint density at radius 3 is 2.65 bits per heavy atom. The van der Waals surface area contributed by atoms with Crippen LogP contribution in [0.25, 0.3) is 0 Å². The number of carbonyl (C=O) groups is 2. The number of nitrogens with one attached hydrogen (secondary N) is 1. The van der Waals surface area contributed by atoms with Gasteiger partial charge in [-0.3, -0.25) is 15.0 Å². The molecule has 1 atom stereocenters. The normalized spacial score (nSPS) is 17.1. The maximum Gasteiger partial charge on any atom is 0.338 e. The van der Waals surface area contributed by atoms with Crippen LogP contribution in [0.5, 0.6) is 0 Å². The van der Waals surface area contributed by atoms with Crippen molar-refractivity contribution in [3.05, 3.63) is 51.2 Å². The van der Waals surface area contributed by atoms with E-state index in [9.17, 15) is 19.7 Å². The maximum absolute atomic E-state index is 12.6. The molecule has 1 aliphatic rings. The average molecular weight is 363 g/mol. The highest BCUT2D eigenvalue weighted by Crippen LogP contribution is 2.35. The minimum atomic E-state index is -0.970. The van der Waals surface area contributed by atoms with Gasteiger partial charge in [-0.2, -0.15) is 0 Å². The van der Waals surface area contributed by atoms with Crippen molar-refractivity contribution >= 4 is 17.7 Å². The summed E-state index contributed by atoms with van der Waals surface area (Å²) in [5.74, 6) is -0.652. The summed E-state index contributed by atoms with van der Waals surface area (Å²) < 4.78 is 10.1. The summed E-state index contributed by atoms with van der Waals surface area (Å²) in [6.07, 6.45) is 0. The summed E-state index contributed by atoms with van der Waals surface area (Å²) in [6.45, 7) is 3.99. The summed E-state index contributed by atoms with van der Waals surface area (Å²) >= 11 is 0. The smallest absolute Gasteiger partial charge is 0.338 e. The molecule has 0 saturated heterocycles. The lowest BCUT2D eigenvalue weighted by atomic mass is 9.93. The lowest BCUT2D eigenvalue weighted by Crippen LogP contribution is -2.48. The van der Waals surface area contributed by atoms with Crippen molar-refractivity contribution in [3.8, 4) is 0 Å². The Kier molecular flexibility index (Phi) is 6.29. The zero-order chi connectivity index (χ0) is 19.3. The van der Waals surface area contributed by atoms with Crippen LogP contribution in [0.4, 0.5) is 10.5 Å². The molecule has 1 unspecified atom stereocenters. The number of rotatable bonds is 7. The molecule has 9 nitrogen and oxygen atoms in total. The van der Waals surface area contributed by atoms with Gasteiger partial charge in [-0.05, 0) is 19.9 Å². The number of ether oxygens (including phenoxy) is 2. The quantitative estimate of drug-likeness (QED) is 0.344. The van der Waals surface area contributed by atoms with Crippen LogP contribution < -0.4 is 5.32 Å². The summed E-state index contributed by atoms with van der Waals surface area (Å²) in [6, 6.07) is 4.59. The monoisotopic (exact) mass is 363 g/mol. The number of amides is 2. The first-order chi connectivity index (χ1) is 12.4. The number of benzene rings is 1. The third-order valence-electron chi connectivity index (χ3n) is 4.10. The van der Waals surface area contributed by atoms with E-state index in [4.69, 9.17) is 9.47 Å². The second-order valence-corrected chi connectivity index (χ2v) is 5.57. The third kappa shape index (κ3) is 3.83. The van der Waals surface area contributed by atoms with Crippen molar-refractivity contribution in [1.29, 1.82) is 0 Å². The fraction of sp³-hybridized carbons (Fsp3) is 0.412. The predicted octanol–water partition coefficient (Wildman–Crippen LogP) is 2.14. The molecule has 0 fully saturated rings. The van der Waals surface area contributed by atoms with Gasteiger partial charge in [0.1, 0.15) is 6.61 Å². The van der Waals surface area contributed by atoms with Gasteiger partial charge in [-0.1, -0.05) is 12.1 Å². The largest absolute Gasteiger partial charge is 0.460 e. The average Bonchev–Trinajstić information content (AvgIpc) is 2.61. The molecule has 0 aromatic heterocycles. The highest BCUT2D eigenvalue weighted by Gasteiger charge is 2.38. The van der Waals surface area contributed by atoms with E-state index in [1.807, 2.05) is 0 Å². The second kappa shape index (κ2) is 8.43. The number of esters is 1. The van der Waals surface area contributed by atoms with E-state index in [-0.39, 0.29) is 30.0 Å². The molecule has 0 radical (unpaired) electrons. The number of allylic oxidation sites excluding steroid dienone is 1. The number of nitrogens with zero attached hydrogens (tertiary/aromatic N) is 2. The standard InChI is InChI=1S/C17H21N3O6/c1-4-19-11(2)14(16(21)26-10-9-25-3)15(18-17(19)22)12-7-5-6-8-13(12)20(23)24/h5-8,15H,4,9-10H2,1-3H3,(H,18,22). The topological polar surface area (TPSA) is 111 Å². The molecule has 1 aromatic rings. The third-order valence-corrected chi connectivity index (χ3v) is 4.10. The maximum atomic E-state index is 12.6. The summed E-state index contributed by atoms with van der Waals surface area (Å²) in [5.41, 5.74) is 0.607. The number of nitro benzene ring substituents is 1. The van der Waals surface area contributed by atoms with Crippen LogP contribution in [0.15, 0.2) is 35.5 Å². The van der Waals surface area contributed by atoms with Crippen LogP contribution in [-0.4, -0.2) is 48.7 Å². The van der Waals surface area contributed by atoms with E-state index >= 15 is 0 Å². The van der Waals surface area contributed by atoms with Gasteiger partial charge in [-0.15, -0.1) is 0 Å². The van der Waals surface area contributed by atoms with Gasteiger partial charge in [0.05, 0.1) is 28.7 Å². The van der Waals surface area contributed by atoms with Crippen LogP contribution in [0, 0.1) is 10.1 Å². The van der Waals surface area contributed by atoms with Crippen LogP contribution >= 0.6 is 0 Å². The zero-order valence-corrected chi connectivity index (χ0v) is 14.9. The van der Waals surface area contributed by atoms with Crippen molar-refractivity contribution in [2.24, 2.45) is 0 Å². The Balaban J connectivity index is 2.52. The Hall–Kier alpha value is -2.94. The van der Waals surface area contributed by atoms with Gasteiger partial charge < -0.3 is 14.8 Å². The van der Waals surface area contributed by atoms with E-state index < -0.39 is 23.0 Å². The zero-order valence-electron chi connectivity index (χ0n) is 14.9. The molecule has 140 valence electrons. The molecular weight excluding hydrogens is 342 g/mol. The second-order valence-electron chi connectivity index (χ2n) is 5.57. The van der Waals surface area contributed by atoms with Crippen LogP contribution in [0.3, 0.4) is 0 Å². The molecular formula is C17H21N3O6. The van der Waals surface area contributed by atoms with Crippen molar-refractivity contribution in [3.63, 3.8) is 0 Å². The fourth-order valence-electron chi connectivity index (χ4n) is 2.85. The predicted molar refractivity (Wildman–Crippen MR) is 92.3 cm³/mol. The minimum absolute atomic E-state index is 0.0375. The number of carbonyl (C=O) groups excluding carboxylic acids is 2. The highest BCUT2D eigenvalue weighted by molar-refractivity contribution is 5.95. The van der Waals surface area contributed by atoms with E-state index in [0.29, 0.717) is 12.2 Å². The number of nitro groups is 1. The van der Waals surface area contributed by atoms with Crippen LogP contribution in [0.2, 0.25) is 0 Å². The van der Waals surface area contributed by atoms with Gasteiger partial charge in [0.15, 0.2) is 0 Å². The molecule has 1 N–H and O–H groups in total. The molecule has 26 heavy (non-hydrogen) atoms. The van der Waals surface area contributed by atoms with Gasteiger partial charge in [0.2, 0.25) is 0 Å². The molecule has 0 bridgehead atoms. The SMILES string of the molecule is CCN1C(=O)NC(c2ccccc2[N+](=O)[O-])C(C(=O)OCCOC)=C1C. The summed E-state index contributed by atoms with van der Waals surface area (Å²) in [4.78, 5) is 37.2. The summed E-state index contributed by atoms with van der Waals surface area (Å²) in [7, 11) is 1.48. The number of hydrogen-bond acceptors (Lipinski definition) is 6. The van der Waals surface area contributed by atoms with E-state index in [1.165, 1.54) is 30.2 Å². The minimum Gasteiger partial charge on any atom is -0.460 e. The molecule has 2 rings (SSSR count). The summed E-state index contributed by atoms with van der Waals surface area (Å²) in [5, 5.41) is 14.0. The lowest BCUT2D eigenvalue weighted by molar-refractivity contribution is -0.385. The molecule has 0 spiro atoms. The molecule has 1 aromatic carbocycles. The Bertz CT molecular complexity index is 746. The van der Waals surface area contributed by atoms with Crippen molar-refractivity contribution in [2.45, 2.75) is 19.9 Å². The van der Waals surface area contributed by atoms with Crippen LogP contribution in [-0.2, 0) is 14.3 Å². The molecule has 0 saturated carbocycles. The first kappa shape index (κ1) is 19.4. The molecule has 9 heteroatoms. The van der Waals surface area contributed by atoms with Gasteiger partial charge in [-0.25, -0.2) is 9.59 Å². The Labute approximate surface area is 150 Å². The Morgan fingerprint density at radius 1 is 1.35 bits per heavy atom. The van der Waals surface area contributed by atoms with Crippen molar-refractivity contribution < 1.29 is 24.0 Å². The first-order valence-corrected chi connectivity index (χ1v) is 8.10. The van der Waals surface area contributed by atoms with Crippen molar-refractivity contribution in [1.82, 2.24) is 10.2 Å². The fourth-order valence-corrected chi connectivity index (χ4v) is 2.85. The van der Waals surface area contributed by atoms with Crippen molar-refractivity contribution in [2.75, 3.05) is 26.9 Å².